The number of rotatable bonds is 6. The normalized spacial score (nSPS) is 13.1. The van der Waals surface area contributed by atoms with Gasteiger partial charge in [-0.2, -0.15) is 0 Å². The second-order valence-electron chi connectivity index (χ2n) is 4.58. The fourth-order valence-electron chi connectivity index (χ4n) is 1.45. The van der Waals surface area contributed by atoms with Gasteiger partial charge in [0, 0.05) is 34.7 Å². The maximum atomic E-state index is 5.97. The maximum Gasteiger partial charge on any atom is 0.0410 e. The molecule has 1 atom stereocenters. The number of hydrogen-bond donors (Lipinski definition) is 2. The Bertz CT molecular complexity index is 355. The molecule has 96 valence electrons. The summed E-state index contributed by atoms with van der Waals surface area (Å²) in [5, 5.41) is 7.65. The average Bonchev–Trinajstić information content (AvgIpc) is 2.27. The zero-order valence-corrected chi connectivity index (χ0v) is 12.9. The van der Waals surface area contributed by atoms with Crippen LogP contribution in [0.4, 0.5) is 0 Å². The molecule has 0 saturated carbocycles. The maximum absolute atomic E-state index is 5.97. The van der Waals surface area contributed by atoms with Crippen LogP contribution in [0.15, 0.2) is 22.7 Å². The lowest BCUT2D eigenvalue weighted by Gasteiger charge is -2.17. The van der Waals surface area contributed by atoms with Gasteiger partial charge in [-0.25, -0.2) is 0 Å². The number of hydrogen-bond acceptors (Lipinski definition) is 2. The van der Waals surface area contributed by atoms with Crippen LogP contribution in [0.3, 0.4) is 0 Å². The van der Waals surface area contributed by atoms with Crippen molar-refractivity contribution in [3.05, 3.63) is 33.3 Å². The van der Waals surface area contributed by atoms with Gasteiger partial charge in [-0.05, 0) is 30.7 Å². The summed E-state index contributed by atoms with van der Waals surface area (Å²) in [5.74, 6) is 0. The van der Waals surface area contributed by atoms with Crippen LogP contribution in [0, 0.1) is 0 Å². The van der Waals surface area contributed by atoms with Crippen molar-refractivity contribution in [1.29, 1.82) is 0 Å². The summed E-state index contributed by atoms with van der Waals surface area (Å²) in [6, 6.07) is 6.82. The largest absolute Gasteiger partial charge is 0.313 e. The molecule has 2 N–H and O–H groups in total. The highest BCUT2D eigenvalue weighted by Crippen LogP contribution is 2.20. The summed E-state index contributed by atoms with van der Waals surface area (Å²) in [7, 11) is 0. The first-order valence-corrected chi connectivity index (χ1v) is 7.07. The highest BCUT2D eigenvalue weighted by atomic mass is 79.9. The summed E-state index contributed by atoms with van der Waals surface area (Å²) >= 11 is 9.50. The van der Waals surface area contributed by atoms with E-state index in [1.807, 2.05) is 18.2 Å². The van der Waals surface area contributed by atoms with Crippen molar-refractivity contribution in [3.63, 3.8) is 0 Å². The average molecular weight is 320 g/mol. The van der Waals surface area contributed by atoms with Gasteiger partial charge >= 0.3 is 0 Å². The Labute approximate surface area is 117 Å². The first kappa shape index (κ1) is 15.0. The van der Waals surface area contributed by atoms with E-state index in [0.717, 1.165) is 22.6 Å². The van der Waals surface area contributed by atoms with E-state index in [9.17, 15) is 0 Å². The van der Waals surface area contributed by atoms with E-state index in [0.29, 0.717) is 12.1 Å². The summed E-state index contributed by atoms with van der Waals surface area (Å²) in [6.07, 6.45) is 0. The zero-order chi connectivity index (χ0) is 12.8. The molecule has 0 aliphatic rings. The van der Waals surface area contributed by atoms with E-state index in [1.165, 1.54) is 5.56 Å². The highest BCUT2D eigenvalue weighted by Gasteiger charge is 2.05. The Balaban J connectivity index is 2.41. The molecule has 1 rings (SSSR count). The van der Waals surface area contributed by atoms with Crippen LogP contribution >= 0.6 is 27.5 Å². The second-order valence-corrected chi connectivity index (χ2v) is 5.87. The van der Waals surface area contributed by atoms with E-state index in [2.05, 4.69) is 47.3 Å². The van der Waals surface area contributed by atoms with Crippen LogP contribution in [0.1, 0.15) is 26.3 Å². The smallest absolute Gasteiger partial charge is 0.0410 e. The molecule has 1 unspecified atom stereocenters. The van der Waals surface area contributed by atoms with Crippen LogP contribution in [0.5, 0.6) is 0 Å². The number of benzene rings is 1. The summed E-state index contributed by atoms with van der Waals surface area (Å²) in [5.41, 5.74) is 1.19. The Morgan fingerprint density at radius 3 is 2.59 bits per heavy atom. The van der Waals surface area contributed by atoms with E-state index in [-0.39, 0.29) is 0 Å². The minimum absolute atomic E-state index is 0.434. The third-order valence-corrected chi connectivity index (χ3v) is 3.49. The van der Waals surface area contributed by atoms with Crippen molar-refractivity contribution in [2.24, 2.45) is 0 Å². The predicted octanol–water partition coefficient (Wildman–Crippen LogP) is 3.58. The van der Waals surface area contributed by atoms with E-state index >= 15 is 0 Å². The van der Waals surface area contributed by atoms with Gasteiger partial charge in [0.1, 0.15) is 0 Å². The molecule has 2 nitrogen and oxygen atoms in total. The molecule has 4 heteroatoms. The van der Waals surface area contributed by atoms with Crippen LogP contribution in [0.2, 0.25) is 5.02 Å². The van der Waals surface area contributed by atoms with Crippen LogP contribution < -0.4 is 10.6 Å². The fourth-order valence-corrected chi connectivity index (χ4v) is 2.03. The summed E-state index contributed by atoms with van der Waals surface area (Å²) in [4.78, 5) is 0. The summed E-state index contributed by atoms with van der Waals surface area (Å²) in [6.45, 7) is 8.27. The molecule has 1 aromatic rings. The lowest BCUT2D eigenvalue weighted by atomic mass is 10.2. The quantitative estimate of drug-likeness (QED) is 0.837. The van der Waals surface area contributed by atoms with Gasteiger partial charge in [-0.3, -0.25) is 0 Å². The first-order chi connectivity index (χ1) is 7.99. The van der Waals surface area contributed by atoms with Crippen LogP contribution in [-0.2, 0) is 6.54 Å². The molecule has 17 heavy (non-hydrogen) atoms. The molecule has 0 saturated heterocycles. The Kier molecular flexibility index (Phi) is 6.49. The molecular formula is C13H20BrClN2. The van der Waals surface area contributed by atoms with Gasteiger partial charge in [0.25, 0.3) is 0 Å². The molecule has 0 aromatic heterocycles. The Morgan fingerprint density at radius 2 is 1.94 bits per heavy atom. The molecule has 1 aromatic carbocycles. The van der Waals surface area contributed by atoms with Crippen molar-refractivity contribution in [2.45, 2.75) is 39.4 Å². The van der Waals surface area contributed by atoms with Gasteiger partial charge in [0.2, 0.25) is 0 Å². The minimum atomic E-state index is 0.434. The van der Waals surface area contributed by atoms with Crippen molar-refractivity contribution >= 4 is 27.5 Å². The van der Waals surface area contributed by atoms with Crippen molar-refractivity contribution in [3.8, 4) is 0 Å². The molecule has 0 radical (unpaired) electrons. The van der Waals surface area contributed by atoms with E-state index < -0.39 is 0 Å². The Hall–Kier alpha value is -0.0900. The first-order valence-electron chi connectivity index (χ1n) is 5.89. The van der Waals surface area contributed by atoms with Gasteiger partial charge in [-0.1, -0.05) is 41.4 Å². The molecule has 0 aliphatic carbocycles. The molecule has 0 heterocycles. The highest BCUT2D eigenvalue weighted by molar-refractivity contribution is 9.10. The standard InChI is InChI=1S/C13H20BrClN2/c1-9(2)16-7-10(3)17-8-11-6-12(15)4-5-13(11)14/h4-6,9-10,16-17H,7-8H2,1-3H3. The number of nitrogens with one attached hydrogen (secondary N) is 2. The molecule has 0 fully saturated rings. The summed E-state index contributed by atoms with van der Waals surface area (Å²) < 4.78 is 1.10. The molecule has 0 spiro atoms. The van der Waals surface area contributed by atoms with Gasteiger partial charge in [-0.15, -0.1) is 0 Å². The fraction of sp³-hybridized carbons (Fsp3) is 0.538. The van der Waals surface area contributed by atoms with Gasteiger partial charge < -0.3 is 10.6 Å². The second kappa shape index (κ2) is 7.37. The molecule has 0 aliphatic heterocycles. The number of halogens is 2. The minimum Gasteiger partial charge on any atom is -0.313 e. The van der Waals surface area contributed by atoms with Crippen molar-refractivity contribution in [1.82, 2.24) is 10.6 Å². The predicted molar refractivity (Wildman–Crippen MR) is 78.6 cm³/mol. The van der Waals surface area contributed by atoms with Crippen molar-refractivity contribution in [2.75, 3.05) is 6.54 Å². The van der Waals surface area contributed by atoms with E-state index in [4.69, 9.17) is 11.6 Å². The third kappa shape index (κ3) is 5.87. The molecule has 0 bridgehead atoms. The van der Waals surface area contributed by atoms with Crippen LogP contribution in [-0.4, -0.2) is 18.6 Å². The monoisotopic (exact) mass is 318 g/mol. The van der Waals surface area contributed by atoms with E-state index in [1.54, 1.807) is 0 Å². The van der Waals surface area contributed by atoms with Crippen LogP contribution in [0.25, 0.3) is 0 Å². The third-order valence-electron chi connectivity index (χ3n) is 2.48. The Morgan fingerprint density at radius 1 is 1.24 bits per heavy atom. The zero-order valence-electron chi connectivity index (χ0n) is 10.6. The topological polar surface area (TPSA) is 24.1 Å². The molecule has 0 amide bonds. The van der Waals surface area contributed by atoms with Gasteiger partial charge in [0.15, 0.2) is 0 Å². The molecular weight excluding hydrogens is 300 g/mol. The SMILES string of the molecule is CC(C)NCC(C)NCc1cc(Cl)ccc1Br. The van der Waals surface area contributed by atoms with Gasteiger partial charge in [0.05, 0.1) is 0 Å². The van der Waals surface area contributed by atoms with Crippen molar-refractivity contribution < 1.29 is 0 Å². The lowest BCUT2D eigenvalue weighted by Crippen LogP contribution is -2.38. The lowest BCUT2D eigenvalue weighted by molar-refractivity contribution is 0.473.